The van der Waals surface area contributed by atoms with E-state index in [0.717, 1.165) is 10.8 Å². The van der Waals surface area contributed by atoms with Crippen LogP contribution in [0.2, 0.25) is 0 Å². The minimum Gasteiger partial charge on any atom is -0.388 e. The summed E-state index contributed by atoms with van der Waals surface area (Å²) in [6.07, 6.45) is -3.10. The predicted molar refractivity (Wildman–Crippen MR) is 118 cm³/mol. The number of ether oxygens (including phenoxy) is 1. The van der Waals surface area contributed by atoms with Gasteiger partial charge in [0.1, 0.15) is 17.9 Å². The normalized spacial score (nSPS) is 28.2. The van der Waals surface area contributed by atoms with Gasteiger partial charge in [0.25, 0.3) is 5.56 Å². The highest BCUT2D eigenvalue weighted by Gasteiger charge is 2.50. The van der Waals surface area contributed by atoms with Crippen LogP contribution < -0.4 is 11.2 Å². The molecule has 0 bridgehead atoms. The molecule has 0 aromatic carbocycles. The van der Waals surface area contributed by atoms with E-state index in [-0.39, 0.29) is 30.5 Å². The first-order valence-electron chi connectivity index (χ1n) is 10.7. The van der Waals surface area contributed by atoms with E-state index in [1.54, 1.807) is 6.92 Å². The van der Waals surface area contributed by atoms with E-state index in [1.165, 1.54) is 27.0 Å². The monoisotopic (exact) mass is 503 g/mol. The van der Waals surface area contributed by atoms with Crippen LogP contribution in [0.4, 0.5) is 0 Å². The number of aliphatic hydroxyl groups excluding tert-OH is 2. The molecule has 34 heavy (non-hydrogen) atoms. The van der Waals surface area contributed by atoms with Gasteiger partial charge in [-0.05, 0) is 26.7 Å². The lowest BCUT2D eigenvalue weighted by molar-refractivity contribution is -0.0714. The van der Waals surface area contributed by atoms with Crippen LogP contribution in [0.5, 0.6) is 0 Å². The molecule has 6 N–H and O–H groups in total. The minimum absolute atomic E-state index is 0.0214. The Bertz CT molecular complexity index is 1160. The van der Waals surface area contributed by atoms with E-state index >= 15 is 0 Å². The molecule has 14 nitrogen and oxygen atoms in total. The average Bonchev–Trinajstić information content (AvgIpc) is 3.38. The van der Waals surface area contributed by atoms with Gasteiger partial charge in [0.2, 0.25) is 0 Å². The van der Waals surface area contributed by atoms with Crippen molar-refractivity contribution in [1.29, 1.82) is 0 Å². The van der Waals surface area contributed by atoms with Crippen molar-refractivity contribution in [3.8, 4) is 11.3 Å². The Hall–Kier alpha value is -2.19. The van der Waals surface area contributed by atoms with Crippen LogP contribution in [0, 0.1) is 0 Å². The van der Waals surface area contributed by atoms with Crippen molar-refractivity contribution in [2.24, 2.45) is 0 Å². The third-order valence-electron chi connectivity index (χ3n) is 6.27. The molecule has 3 heterocycles. The van der Waals surface area contributed by atoms with E-state index in [0.29, 0.717) is 0 Å². The van der Waals surface area contributed by atoms with Gasteiger partial charge < -0.3 is 29.5 Å². The molecule has 0 saturated carbocycles. The zero-order chi connectivity index (χ0) is 25.5. The van der Waals surface area contributed by atoms with Crippen LogP contribution in [0.1, 0.15) is 53.2 Å². The van der Waals surface area contributed by atoms with Gasteiger partial charge in [0.15, 0.2) is 11.6 Å². The number of H-pyrrole nitrogens is 2. The van der Waals surface area contributed by atoms with Crippen LogP contribution in [-0.2, 0) is 13.8 Å². The first kappa shape index (κ1) is 26.4. The lowest BCUT2D eigenvalue weighted by Crippen LogP contribution is -2.40. The molecule has 190 valence electrons. The molecule has 1 aliphatic rings. The van der Waals surface area contributed by atoms with Gasteiger partial charge in [-0.1, -0.05) is 13.8 Å². The Morgan fingerprint density at radius 1 is 1.24 bits per heavy atom. The molecule has 1 fully saturated rings. The second kappa shape index (κ2) is 9.46. The number of hydrogen-bond acceptors (Lipinski definition) is 10. The van der Waals surface area contributed by atoms with Gasteiger partial charge in [-0.25, -0.2) is 4.79 Å². The number of nitrogens with zero attached hydrogens (tertiary/aromatic N) is 3. The van der Waals surface area contributed by atoms with Crippen molar-refractivity contribution in [2.45, 2.75) is 82.4 Å². The summed E-state index contributed by atoms with van der Waals surface area (Å²) in [5.41, 5.74) is -2.82. The maximum Gasteiger partial charge on any atom is 0.359 e. The third kappa shape index (κ3) is 4.93. The largest absolute Gasteiger partial charge is 0.388 e. The van der Waals surface area contributed by atoms with Crippen molar-refractivity contribution >= 4 is 7.60 Å². The quantitative estimate of drug-likeness (QED) is 0.247. The fraction of sp³-hybridized carbons (Fsp3) is 0.684. The molecule has 3 rings (SSSR count). The fourth-order valence-corrected chi connectivity index (χ4v) is 4.98. The smallest absolute Gasteiger partial charge is 0.359 e. The molecule has 4 unspecified atom stereocenters. The van der Waals surface area contributed by atoms with Crippen molar-refractivity contribution in [2.75, 3.05) is 0 Å². The van der Waals surface area contributed by atoms with E-state index in [1.807, 2.05) is 0 Å². The molecule has 2 aromatic heterocycles. The Morgan fingerprint density at radius 3 is 2.47 bits per heavy atom. The van der Waals surface area contributed by atoms with Crippen LogP contribution in [-0.4, -0.2) is 74.4 Å². The van der Waals surface area contributed by atoms with E-state index in [2.05, 4.69) is 20.4 Å². The highest BCUT2D eigenvalue weighted by atomic mass is 31.2. The predicted octanol–water partition coefficient (Wildman–Crippen LogP) is -0.180. The highest BCUT2D eigenvalue weighted by Crippen LogP contribution is 2.59. The number of hydrogen-bond donors (Lipinski definition) is 6. The topological polar surface area (TPSA) is 213 Å². The molecule has 1 aliphatic heterocycles. The summed E-state index contributed by atoms with van der Waals surface area (Å²) in [6, 6.07) is 0. The minimum atomic E-state index is -4.50. The van der Waals surface area contributed by atoms with Crippen molar-refractivity contribution in [3.63, 3.8) is 0 Å². The van der Waals surface area contributed by atoms with E-state index in [4.69, 9.17) is 9.26 Å². The summed E-state index contributed by atoms with van der Waals surface area (Å²) in [6.45, 7) is 5.94. The molecular weight excluding hydrogens is 473 g/mol. The maximum absolute atomic E-state index is 12.7. The second-order valence-corrected chi connectivity index (χ2v) is 11.0. The third-order valence-corrected chi connectivity index (χ3v) is 8.50. The molecule has 0 aliphatic carbocycles. The summed E-state index contributed by atoms with van der Waals surface area (Å²) in [7, 11) is -4.50. The molecular formula is C19H30N5O9P. The van der Waals surface area contributed by atoms with E-state index in [9.17, 15) is 34.4 Å². The van der Waals surface area contributed by atoms with Gasteiger partial charge in [0, 0.05) is 12.6 Å². The number of aromatic nitrogens is 5. The maximum atomic E-state index is 12.7. The Kier molecular flexibility index (Phi) is 7.35. The van der Waals surface area contributed by atoms with E-state index < -0.39 is 54.3 Å². The van der Waals surface area contributed by atoms with Crippen LogP contribution in [0.25, 0.3) is 11.3 Å². The van der Waals surface area contributed by atoms with Crippen molar-refractivity contribution in [3.05, 3.63) is 33.2 Å². The summed E-state index contributed by atoms with van der Waals surface area (Å²) >= 11 is 0. The van der Waals surface area contributed by atoms with Gasteiger partial charge >= 0.3 is 13.3 Å². The molecule has 0 spiro atoms. The van der Waals surface area contributed by atoms with Crippen molar-refractivity contribution < 1.29 is 34.0 Å². The Morgan fingerprint density at radius 2 is 1.91 bits per heavy atom. The Labute approximate surface area is 194 Å². The molecule has 1 saturated heterocycles. The van der Waals surface area contributed by atoms with Crippen molar-refractivity contribution in [1.82, 2.24) is 25.0 Å². The molecule has 2 aromatic rings. The zero-order valence-corrected chi connectivity index (χ0v) is 20.1. The van der Waals surface area contributed by atoms with Gasteiger partial charge in [-0.15, -0.1) is 0 Å². The SMILES string of the molecule is CCC(C)(C[C@H]1O[C@@H](n2cc(-c3cn[nH]n3)c(=O)[nH]c2=O)[C@@H](O)C1O)OP(=O)(O)C(C)(O)CC. The van der Waals surface area contributed by atoms with Crippen LogP contribution in [0.3, 0.4) is 0 Å². The standard InChI is InChI=1S/C19H30N5O9P/c1-5-18(3,33-34(30,31)19(4,29)6-2)7-12-13(25)14(26)16(32-12)24-9-10(11-8-20-23-22-11)15(27)21-17(24)28/h8-9,12-14,16,25-26,29H,5-7H2,1-4H3,(H,30,31)(H,20,22,23)(H,21,27,28)/t12-,13?,14+,16-,18?,19?/m1/s1. The zero-order valence-electron chi connectivity index (χ0n) is 19.2. The van der Waals surface area contributed by atoms with Gasteiger partial charge in [0.05, 0.1) is 23.5 Å². The van der Waals surface area contributed by atoms with Crippen LogP contribution in [0.15, 0.2) is 22.0 Å². The summed E-state index contributed by atoms with van der Waals surface area (Å²) in [5.74, 6) is 0. The summed E-state index contributed by atoms with van der Waals surface area (Å²) in [5, 5.41) is 39.3. The lowest BCUT2D eigenvalue weighted by atomic mass is 9.93. The number of aliphatic hydroxyl groups is 3. The average molecular weight is 503 g/mol. The number of rotatable bonds is 9. The molecule has 0 radical (unpaired) electrons. The number of aromatic amines is 2. The first-order chi connectivity index (χ1) is 15.7. The van der Waals surface area contributed by atoms with Gasteiger partial charge in [-0.2, -0.15) is 15.4 Å². The second-order valence-electron chi connectivity index (χ2n) is 8.80. The van der Waals surface area contributed by atoms with Crippen LogP contribution >= 0.6 is 7.60 Å². The molecule has 0 amide bonds. The van der Waals surface area contributed by atoms with Gasteiger partial charge in [-0.3, -0.25) is 18.9 Å². The summed E-state index contributed by atoms with van der Waals surface area (Å²) < 4.78 is 24.9. The number of nitrogens with one attached hydrogen (secondary N) is 2. The highest BCUT2D eigenvalue weighted by molar-refractivity contribution is 7.54. The molecule has 7 atom stereocenters. The summed E-state index contributed by atoms with van der Waals surface area (Å²) in [4.78, 5) is 37.1. The fourth-order valence-electron chi connectivity index (χ4n) is 3.58. The first-order valence-corrected chi connectivity index (χ1v) is 12.3. The molecule has 15 heteroatoms. The lowest BCUT2D eigenvalue weighted by Gasteiger charge is -2.37. The Balaban J connectivity index is 1.88.